The third-order valence-corrected chi connectivity index (χ3v) is 2.11. The molecule has 10 heavy (non-hydrogen) atoms. The van der Waals surface area contributed by atoms with E-state index >= 15 is 0 Å². The molecule has 0 spiro atoms. The molecule has 1 unspecified atom stereocenters. The first-order chi connectivity index (χ1) is 4.84. The number of rotatable bonds is 3. The first-order valence-corrected chi connectivity index (χ1v) is 3.86. The molecule has 1 aliphatic rings. The first-order valence-electron chi connectivity index (χ1n) is 3.86. The quantitative estimate of drug-likeness (QED) is 0.548. The van der Waals surface area contributed by atoms with Gasteiger partial charge in [-0.25, -0.2) is 0 Å². The van der Waals surface area contributed by atoms with Crippen LogP contribution in [0.15, 0.2) is 0 Å². The summed E-state index contributed by atoms with van der Waals surface area (Å²) in [5, 5.41) is 11.9. The number of hydrogen-bond acceptors (Lipinski definition) is 3. The minimum absolute atomic E-state index is 0.271. The molecule has 0 radical (unpaired) electrons. The van der Waals surface area contributed by atoms with Crippen molar-refractivity contribution in [3.8, 4) is 0 Å². The summed E-state index contributed by atoms with van der Waals surface area (Å²) in [6.07, 6.45) is 1.22. The topological polar surface area (TPSA) is 35.5 Å². The Morgan fingerprint density at radius 2 is 2.50 bits per heavy atom. The van der Waals surface area contributed by atoms with Crippen molar-refractivity contribution in [3.63, 3.8) is 0 Å². The lowest BCUT2D eigenvalue weighted by Gasteiger charge is -2.21. The van der Waals surface area contributed by atoms with Crippen molar-refractivity contribution < 1.29 is 5.11 Å². The maximum atomic E-state index is 8.63. The minimum Gasteiger partial charge on any atom is -0.395 e. The van der Waals surface area contributed by atoms with E-state index in [0.717, 1.165) is 19.6 Å². The molecule has 0 aromatic heterocycles. The van der Waals surface area contributed by atoms with E-state index in [1.807, 2.05) is 0 Å². The second kappa shape index (κ2) is 3.91. The molecule has 1 fully saturated rings. The van der Waals surface area contributed by atoms with Crippen LogP contribution in [0.1, 0.15) is 6.42 Å². The highest BCUT2D eigenvalue weighted by atomic mass is 16.3. The maximum absolute atomic E-state index is 8.63. The summed E-state index contributed by atoms with van der Waals surface area (Å²) < 4.78 is 0. The van der Waals surface area contributed by atoms with Gasteiger partial charge < -0.3 is 10.4 Å². The molecule has 1 rings (SSSR count). The molecule has 0 amide bonds. The van der Waals surface area contributed by atoms with Crippen molar-refractivity contribution >= 4 is 0 Å². The normalized spacial score (nSPS) is 26.1. The van der Waals surface area contributed by atoms with Crippen LogP contribution >= 0.6 is 0 Å². The molecular weight excluding hydrogens is 128 g/mol. The summed E-state index contributed by atoms with van der Waals surface area (Å²) in [6, 6.07) is 0.646. The highest BCUT2D eigenvalue weighted by Gasteiger charge is 2.17. The van der Waals surface area contributed by atoms with Crippen molar-refractivity contribution in [2.75, 3.05) is 33.3 Å². The van der Waals surface area contributed by atoms with Gasteiger partial charge >= 0.3 is 0 Å². The van der Waals surface area contributed by atoms with E-state index in [4.69, 9.17) is 5.11 Å². The molecule has 1 atom stereocenters. The van der Waals surface area contributed by atoms with Crippen molar-refractivity contribution in [2.45, 2.75) is 12.5 Å². The average Bonchev–Trinajstić information content (AvgIpc) is 2.38. The molecule has 1 heterocycles. The van der Waals surface area contributed by atoms with E-state index in [1.165, 1.54) is 6.42 Å². The van der Waals surface area contributed by atoms with E-state index in [2.05, 4.69) is 17.3 Å². The fourth-order valence-corrected chi connectivity index (χ4v) is 1.36. The zero-order chi connectivity index (χ0) is 7.40. The van der Waals surface area contributed by atoms with Gasteiger partial charge in [-0.3, -0.25) is 4.90 Å². The predicted molar refractivity (Wildman–Crippen MR) is 41.0 cm³/mol. The fourth-order valence-electron chi connectivity index (χ4n) is 1.36. The van der Waals surface area contributed by atoms with Crippen LogP contribution in [0.4, 0.5) is 0 Å². The van der Waals surface area contributed by atoms with Crippen molar-refractivity contribution in [2.24, 2.45) is 0 Å². The summed E-state index contributed by atoms with van der Waals surface area (Å²) in [4.78, 5) is 2.21. The zero-order valence-corrected chi connectivity index (χ0v) is 6.51. The molecule has 1 aliphatic heterocycles. The SMILES string of the molecule is CN(CCO)C1CCNC1. The van der Waals surface area contributed by atoms with Gasteiger partial charge in [0.2, 0.25) is 0 Å². The maximum Gasteiger partial charge on any atom is 0.0558 e. The Hall–Kier alpha value is -0.120. The molecule has 60 valence electrons. The van der Waals surface area contributed by atoms with Gasteiger partial charge in [0.1, 0.15) is 0 Å². The van der Waals surface area contributed by atoms with Gasteiger partial charge in [-0.1, -0.05) is 0 Å². The monoisotopic (exact) mass is 144 g/mol. The molecule has 3 nitrogen and oxygen atoms in total. The summed E-state index contributed by atoms with van der Waals surface area (Å²) in [5.41, 5.74) is 0. The van der Waals surface area contributed by atoms with Gasteiger partial charge in [-0.05, 0) is 20.0 Å². The third kappa shape index (κ3) is 1.94. The van der Waals surface area contributed by atoms with Crippen molar-refractivity contribution in [1.82, 2.24) is 10.2 Å². The van der Waals surface area contributed by atoms with E-state index in [0.29, 0.717) is 6.04 Å². The molecule has 0 aromatic carbocycles. The van der Waals surface area contributed by atoms with Gasteiger partial charge in [0.25, 0.3) is 0 Å². The number of nitrogens with zero attached hydrogens (tertiary/aromatic N) is 1. The van der Waals surface area contributed by atoms with Crippen LogP contribution in [-0.4, -0.2) is 49.3 Å². The average molecular weight is 144 g/mol. The van der Waals surface area contributed by atoms with Gasteiger partial charge in [0.15, 0.2) is 0 Å². The molecule has 0 aromatic rings. The van der Waals surface area contributed by atoms with E-state index in [9.17, 15) is 0 Å². The van der Waals surface area contributed by atoms with Gasteiger partial charge in [0.05, 0.1) is 6.61 Å². The van der Waals surface area contributed by atoms with Crippen LogP contribution in [0.5, 0.6) is 0 Å². The van der Waals surface area contributed by atoms with Crippen LogP contribution in [0.2, 0.25) is 0 Å². The van der Waals surface area contributed by atoms with E-state index < -0.39 is 0 Å². The number of aliphatic hydroxyl groups is 1. The third-order valence-electron chi connectivity index (χ3n) is 2.11. The Bertz CT molecular complexity index is 91.6. The first kappa shape index (κ1) is 7.98. The second-order valence-electron chi connectivity index (χ2n) is 2.85. The highest BCUT2D eigenvalue weighted by molar-refractivity contribution is 4.78. The summed E-state index contributed by atoms with van der Waals surface area (Å²) in [6.45, 7) is 3.27. The Morgan fingerprint density at radius 1 is 1.70 bits per heavy atom. The lowest BCUT2D eigenvalue weighted by molar-refractivity contribution is 0.187. The molecule has 0 aliphatic carbocycles. The second-order valence-corrected chi connectivity index (χ2v) is 2.85. The minimum atomic E-state index is 0.271. The lowest BCUT2D eigenvalue weighted by atomic mass is 10.2. The Labute approximate surface area is 62.0 Å². The molecule has 3 heteroatoms. The summed E-state index contributed by atoms with van der Waals surface area (Å²) in [5.74, 6) is 0. The van der Waals surface area contributed by atoms with Crippen LogP contribution in [-0.2, 0) is 0 Å². The molecule has 0 saturated carbocycles. The predicted octanol–water partition coefficient (Wildman–Crippen LogP) is -0.728. The smallest absolute Gasteiger partial charge is 0.0558 e. The Kier molecular flexibility index (Phi) is 3.12. The molecular formula is C7H16N2O. The van der Waals surface area contributed by atoms with Crippen LogP contribution < -0.4 is 5.32 Å². The highest BCUT2D eigenvalue weighted by Crippen LogP contribution is 2.04. The largest absolute Gasteiger partial charge is 0.395 e. The Balaban J connectivity index is 2.18. The molecule has 1 saturated heterocycles. The van der Waals surface area contributed by atoms with Crippen molar-refractivity contribution in [1.29, 1.82) is 0 Å². The van der Waals surface area contributed by atoms with Gasteiger partial charge in [0, 0.05) is 19.1 Å². The number of nitrogens with one attached hydrogen (secondary N) is 1. The standard InChI is InChI=1S/C7H16N2O/c1-9(4-5-10)7-2-3-8-6-7/h7-8,10H,2-6H2,1H3. The molecule has 2 N–H and O–H groups in total. The fraction of sp³-hybridized carbons (Fsp3) is 1.00. The van der Waals surface area contributed by atoms with E-state index in [1.54, 1.807) is 0 Å². The van der Waals surface area contributed by atoms with Crippen LogP contribution in [0.3, 0.4) is 0 Å². The van der Waals surface area contributed by atoms with Gasteiger partial charge in [-0.15, -0.1) is 0 Å². The Morgan fingerprint density at radius 3 is 3.00 bits per heavy atom. The summed E-state index contributed by atoms with van der Waals surface area (Å²) >= 11 is 0. The lowest BCUT2D eigenvalue weighted by Crippen LogP contribution is -2.35. The van der Waals surface area contributed by atoms with E-state index in [-0.39, 0.29) is 6.61 Å². The van der Waals surface area contributed by atoms with Crippen molar-refractivity contribution in [3.05, 3.63) is 0 Å². The summed E-state index contributed by atoms with van der Waals surface area (Å²) in [7, 11) is 2.06. The van der Waals surface area contributed by atoms with Crippen LogP contribution in [0.25, 0.3) is 0 Å². The number of aliphatic hydroxyl groups excluding tert-OH is 1. The number of hydrogen-bond donors (Lipinski definition) is 2. The van der Waals surface area contributed by atoms with Crippen LogP contribution in [0, 0.1) is 0 Å². The van der Waals surface area contributed by atoms with Gasteiger partial charge in [-0.2, -0.15) is 0 Å². The zero-order valence-electron chi connectivity index (χ0n) is 6.51. The number of likely N-dealkylation sites (N-methyl/N-ethyl adjacent to an activating group) is 1. The molecule has 0 bridgehead atoms.